The average Bonchev–Trinajstić information content (AvgIpc) is 3.35. The molecule has 2 aromatic carbocycles. The van der Waals surface area contributed by atoms with Gasteiger partial charge in [-0.2, -0.15) is 0 Å². The molecule has 5 rings (SSSR count). The van der Waals surface area contributed by atoms with Crippen LogP contribution in [0.3, 0.4) is 0 Å². The molecule has 2 N–H and O–H groups in total. The van der Waals surface area contributed by atoms with E-state index >= 15 is 0 Å². The van der Waals surface area contributed by atoms with Crippen molar-refractivity contribution in [3.63, 3.8) is 0 Å². The van der Waals surface area contributed by atoms with E-state index in [1.165, 1.54) is 0 Å². The maximum atomic E-state index is 13.2. The standard InChI is InChI=1S/C24H26N4O2/c1-15-12-19(15)23(29)25-18-8-4-6-16(13-18)24(30)28-11-5-7-17(14-28)22-26-20-9-2-3-10-21(20)27-22/h2-4,6,8-10,13,15,17,19H,5,7,11-12,14H2,1H3,(H,25,29)(H,26,27). The molecule has 154 valence electrons. The molecule has 1 aliphatic heterocycles. The predicted octanol–water partition coefficient (Wildman–Crippen LogP) is 4.18. The van der Waals surface area contributed by atoms with Gasteiger partial charge in [-0.15, -0.1) is 0 Å². The summed E-state index contributed by atoms with van der Waals surface area (Å²) in [6.45, 7) is 3.47. The molecule has 30 heavy (non-hydrogen) atoms. The first kappa shape index (κ1) is 18.9. The molecule has 3 atom stereocenters. The first-order valence-electron chi connectivity index (χ1n) is 10.7. The van der Waals surface area contributed by atoms with Crippen molar-refractivity contribution in [3.8, 4) is 0 Å². The summed E-state index contributed by atoms with van der Waals surface area (Å²) in [4.78, 5) is 35.5. The molecule has 2 amide bonds. The van der Waals surface area contributed by atoms with E-state index in [4.69, 9.17) is 4.98 Å². The van der Waals surface area contributed by atoms with E-state index in [0.717, 1.165) is 42.7 Å². The van der Waals surface area contributed by atoms with E-state index in [2.05, 4.69) is 17.2 Å². The van der Waals surface area contributed by atoms with E-state index in [9.17, 15) is 9.59 Å². The summed E-state index contributed by atoms with van der Waals surface area (Å²) < 4.78 is 0. The van der Waals surface area contributed by atoms with E-state index in [0.29, 0.717) is 23.7 Å². The molecular weight excluding hydrogens is 376 g/mol. The first-order chi connectivity index (χ1) is 14.6. The number of imidazole rings is 1. The van der Waals surface area contributed by atoms with Crippen molar-refractivity contribution in [1.29, 1.82) is 0 Å². The van der Waals surface area contributed by atoms with Gasteiger partial charge >= 0.3 is 0 Å². The second kappa shape index (κ2) is 7.59. The van der Waals surface area contributed by atoms with Crippen LogP contribution in [0.1, 0.15) is 48.3 Å². The second-order valence-corrected chi connectivity index (χ2v) is 8.62. The quantitative estimate of drug-likeness (QED) is 0.687. The second-order valence-electron chi connectivity index (χ2n) is 8.62. The van der Waals surface area contributed by atoms with Crippen molar-refractivity contribution in [2.75, 3.05) is 18.4 Å². The van der Waals surface area contributed by atoms with Gasteiger partial charge in [-0.3, -0.25) is 9.59 Å². The van der Waals surface area contributed by atoms with Crippen molar-refractivity contribution < 1.29 is 9.59 Å². The van der Waals surface area contributed by atoms with E-state index < -0.39 is 0 Å². The number of carbonyl (C=O) groups is 2. The molecule has 2 aliphatic rings. The Morgan fingerprint density at radius 2 is 2.00 bits per heavy atom. The Hall–Kier alpha value is -3.15. The SMILES string of the molecule is CC1CC1C(=O)Nc1cccc(C(=O)N2CCCC(c3nc4ccccc4[nH]3)C2)c1. The van der Waals surface area contributed by atoms with Crippen molar-refractivity contribution in [1.82, 2.24) is 14.9 Å². The molecule has 6 nitrogen and oxygen atoms in total. The number of carbonyl (C=O) groups excluding carboxylic acids is 2. The van der Waals surface area contributed by atoms with Crippen LogP contribution < -0.4 is 5.32 Å². The van der Waals surface area contributed by atoms with Gasteiger partial charge in [0.1, 0.15) is 5.82 Å². The fourth-order valence-electron chi connectivity index (χ4n) is 4.39. The number of fused-ring (bicyclic) bond motifs is 1. The van der Waals surface area contributed by atoms with Crippen molar-refractivity contribution >= 4 is 28.5 Å². The lowest BCUT2D eigenvalue weighted by Crippen LogP contribution is -2.39. The molecule has 3 unspecified atom stereocenters. The fraction of sp³-hybridized carbons (Fsp3) is 0.375. The van der Waals surface area contributed by atoms with Crippen LogP contribution in [0, 0.1) is 11.8 Å². The number of hydrogen-bond donors (Lipinski definition) is 2. The van der Waals surface area contributed by atoms with Crippen molar-refractivity contribution in [3.05, 3.63) is 59.9 Å². The van der Waals surface area contributed by atoms with Crippen LogP contribution in [0.15, 0.2) is 48.5 Å². The lowest BCUT2D eigenvalue weighted by atomic mass is 9.96. The van der Waals surface area contributed by atoms with Crippen LogP contribution >= 0.6 is 0 Å². The molecule has 6 heteroatoms. The number of nitrogens with zero attached hydrogens (tertiary/aromatic N) is 2. The Labute approximate surface area is 175 Å². The highest BCUT2D eigenvalue weighted by atomic mass is 16.2. The van der Waals surface area contributed by atoms with Gasteiger partial charge in [-0.1, -0.05) is 25.1 Å². The van der Waals surface area contributed by atoms with Gasteiger partial charge in [0.05, 0.1) is 11.0 Å². The minimum absolute atomic E-state index is 0.00620. The van der Waals surface area contributed by atoms with Crippen LogP contribution in [0.4, 0.5) is 5.69 Å². The summed E-state index contributed by atoms with van der Waals surface area (Å²) in [5.74, 6) is 1.78. The van der Waals surface area contributed by atoms with E-state index in [1.807, 2.05) is 47.4 Å². The smallest absolute Gasteiger partial charge is 0.253 e. The predicted molar refractivity (Wildman–Crippen MR) is 116 cm³/mol. The summed E-state index contributed by atoms with van der Waals surface area (Å²) in [7, 11) is 0. The number of likely N-dealkylation sites (tertiary alicyclic amines) is 1. The molecule has 0 spiro atoms. The molecule has 2 heterocycles. The molecule has 2 fully saturated rings. The third-order valence-corrected chi connectivity index (χ3v) is 6.33. The third kappa shape index (κ3) is 3.70. The Morgan fingerprint density at radius 1 is 1.17 bits per heavy atom. The van der Waals surface area contributed by atoms with Crippen LogP contribution in [-0.4, -0.2) is 39.8 Å². The largest absolute Gasteiger partial charge is 0.342 e. The van der Waals surface area contributed by atoms with Crippen LogP contribution in [0.25, 0.3) is 11.0 Å². The highest BCUT2D eigenvalue weighted by Gasteiger charge is 2.39. The lowest BCUT2D eigenvalue weighted by molar-refractivity contribution is -0.117. The highest BCUT2D eigenvalue weighted by Crippen LogP contribution is 2.38. The van der Waals surface area contributed by atoms with Gasteiger partial charge < -0.3 is 15.2 Å². The monoisotopic (exact) mass is 402 g/mol. The number of nitrogens with one attached hydrogen (secondary N) is 2. The van der Waals surface area contributed by atoms with Crippen LogP contribution in [-0.2, 0) is 4.79 Å². The molecule has 1 aliphatic carbocycles. The van der Waals surface area contributed by atoms with Gasteiger partial charge in [0.25, 0.3) is 5.91 Å². The van der Waals surface area contributed by atoms with Gasteiger partial charge in [-0.25, -0.2) is 4.98 Å². The first-order valence-corrected chi connectivity index (χ1v) is 10.7. The zero-order valence-corrected chi connectivity index (χ0v) is 17.1. The van der Waals surface area contributed by atoms with Crippen LogP contribution in [0.2, 0.25) is 0 Å². The molecule has 1 saturated carbocycles. The third-order valence-electron chi connectivity index (χ3n) is 6.33. The number of piperidine rings is 1. The number of aromatic nitrogens is 2. The van der Waals surface area contributed by atoms with E-state index in [1.54, 1.807) is 6.07 Å². The average molecular weight is 402 g/mol. The number of para-hydroxylation sites is 2. The zero-order chi connectivity index (χ0) is 20.7. The zero-order valence-electron chi connectivity index (χ0n) is 17.1. The molecule has 3 aromatic rings. The molecule has 1 aromatic heterocycles. The van der Waals surface area contributed by atoms with Crippen LogP contribution in [0.5, 0.6) is 0 Å². The normalized spacial score (nSPS) is 23.4. The number of hydrogen-bond acceptors (Lipinski definition) is 3. The minimum Gasteiger partial charge on any atom is -0.342 e. The van der Waals surface area contributed by atoms with Gasteiger partial charge in [0, 0.05) is 36.2 Å². The van der Waals surface area contributed by atoms with Gasteiger partial charge in [-0.05, 0) is 55.5 Å². The Morgan fingerprint density at radius 3 is 2.80 bits per heavy atom. The molecule has 0 bridgehead atoms. The number of H-pyrrole nitrogens is 1. The molecule has 0 radical (unpaired) electrons. The number of aromatic amines is 1. The minimum atomic E-state index is 0.00620. The highest BCUT2D eigenvalue weighted by molar-refractivity contribution is 5.98. The Kier molecular flexibility index (Phi) is 4.77. The summed E-state index contributed by atoms with van der Waals surface area (Å²) >= 11 is 0. The number of anilines is 1. The molecular formula is C24H26N4O2. The van der Waals surface area contributed by atoms with Gasteiger partial charge in [0.15, 0.2) is 0 Å². The lowest BCUT2D eigenvalue weighted by Gasteiger charge is -2.32. The summed E-state index contributed by atoms with van der Waals surface area (Å²) in [6, 6.07) is 15.3. The maximum absolute atomic E-state index is 13.2. The summed E-state index contributed by atoms with van der Waals surface area (Å²) in [5.41, 5.74) is 3.30. The summed E-state index contributed by atoms with van der Waals surface area (Å²) in [5, 5.41) is 2.96. The fourth-order valence-corrected chi connectivity index (χ4v) is 4.39. The summed E-state index contributed by atoms with van der Waals surface area (Å²) in [6.07, 6.45) is 2.91. The van der Waals surface area contributed by atoms with Crippen molar-refractivity contribution in [2.45, 2.75) is 32.1 Å². The van der Waals surface area contributed by atoms with Crippen molar-refractivity contribution in [2.24, 2.45) is 11.8 Å². The maximum Gasteiger partial charge on any atom is 0.253 e. The van der Waals surface area contributed by atoms with Gasteiger partial charge in [0.2, 0.25) is 5.91 Å². The number of amides is 2. The number of benzene rings is 2. The Bertz CT molecular complexity index is 1070. The Balaban J connectivity index is 1.29. The topological polar surface area (TPSA) is 78.1 Å². The molecule has 1 saturated heterocycles. The van der Waals surface area contributed by atoms with E-state index in [-0.39, 0.29) is 23.7 Å². The number of rotatable bonds is 4.